The van der Waals surface area contributed by atoms with Gasteiger partial charge in [0.1, 0.15) is 0 Å². The van der Waals surface area contributed by atoms with E-state index in [9.17, 15) is 4.79 Å². The van der Waals surface area contributed by atoms with Crippen LogP contribution in [0.25, 0.3) is 0 Å². The lowest BCUT2D eigenvalue weighted by atomic mass is 10.2. The Morgan fingerprint density at radius 2 is 2.14 bits per heavy atom. The standard InChI is InChI=1S/C17H21NO3S/c1-3-4-9-21-15-8-7-13(11-16(15)20-2)17(19)18-12-14-6-5-10-22-14/h5-8,10-11H,3-4,9,12H2,1-2H3,(H,18,19). The number of benzene rings is 1. The second kappa shape index (κ2) is 8.44. The lowest BCUT2D eigenvalue weighted by molar-refractivity contribution is 0.0951. The van der Waals surface area contributed by atoms with E-state index in [2.05, 4.69) is 12.2 Å². The van der Waals surface area contributed by atoms with Crippen LogP contribution in [0, 0.1) is 0 Å². The van der Waals surface area contributed by atoms with Crippen molar-refractivity contribution in [3.05, 3.63) is 46.2 Å². The summed E-state index contributed by atoms with van der Waals surface area (Å²) in [6.07, 6.45) is 2.07. The van der Waals surface area contributed by atoms with Crippen molar-refractivity contribution in [2.75, 3.05) is 13.7 Å². The van der Waals surface area contributed by atoms with Crippen molar-refractivity contribution in [1.82, 2.24) is 5.32 Å². The van der Waals surface area contributed by atoms with Crippen LogP contribution >= 0.6 is 11.3 Å². The molecule has 0 fully saturated rings. The van der Waals surface area contributed by atoms with E-state index in [-0.39, 0.29) is 5.91 Å². The molecule has 0 aliphatic carbocycles. The van der Waals surface area contributed by atoms with Gasteiger partial charge >= 0.3 is 0 Å². The zero-order valence-corrected chi connectivity index (χ0v) is 13.7. The van der Waals surface area contributed by atoms with E-state index in [0.717, 1.165) is 17.7 Å². The summed E-state index contributed by atoms with van der Waals surface area (Å²) in [5.74, 6) is 1.14. The summed E-state index contributed by atoms with van der Waals surface area (Å²) in [5, 5.41) is 4.89. The molecule has 0 saturated heterocycles. The van der Waals surface area contributed by atoms with E-state index in [4.69, 9.17) is 9.47 Å². The van der Waals surface area contributed by atoms with Gasteiger partial charge in [-0.25, -0.2) is 0 Å². The number of carbonyl (C=O) groups excluding carboxylic acids is 1. The first-order chi connectivity index (χ1) is 10.7. The number of hydrogen-bond donors (Lipinski definition) is 1. The summed E-state index contributed by atoms with van der Waals surface area (Å²) in [7, 11) is 1.58. The number of thiophene rings is 1. The van der Waals surface area contributed by atoms with E-state index in [1.165, 1.54) is 0 Å². The minimum atomic E-state index is -0.119. The normalized spacial score (nSPS) is 10.3. The first kappa shape index (κ1) is 16.4. The molecule has 1 aromatic carbocycles. The molecular weight excluding hydrogens is 298 g/mol. The number of ether oxygens (including phenoxy) is 2. The highest BCUT2D eigenvalue weighted by Gasteiger charge is 2.11. The molecule has 118 valence electrons. The molecular formula is C17H21NO3S. The Labute approximate surface area is 135 Å². The molecule has 0 saturated carbocycles. The second-order valence-electron chi connectivity index (χ2n) is 4.83. The van der Waals surface area contributed by atoms with Gasteiger partial charge in [-0.15, -0.1) is 11.3 Å². The predicted molar refractivity (Wildman–Crippen MR) is 88.9 cm³/mol. The van der Waals surface area contributed by atoms with Crippen molar-refractivity contribution in [3.63, 3.8) is 0 Å². The SMILES string of the molecule is CCCCOc1ccc(C(=O)NCc2cccs2)cc1OC. The highest BCUT2D eigenvalue weighted by molar-refractivity contribution is 7.09. The maximum absolute atomic E-state index is 12.2. The molecule has 4 nitrogen and oxygen atoms in total. The van der Waals surface area contributed by atoms with Crippen molar-refractivity contribution < 1.29 is 14.3 Å². The molecule has 1 amide bonds. The van der Waals surface area contributed by atoms with Gasteiger partial charge in [-0.1, -0.05) is 19.4 Å². The van der Waals surface area contributed by atoms with Gasteiger partial charge in [0.05, 0.1) is 20.3 Å². The molecule has 0 aliphatic rings. The molecule has 2 aromatic rings. The molecule has 0 bridgehead atoms. The van der Waals surface area contributed by atoms with Crippen LogP contribution in [0.1, 0.15) is 35.0 Å². The summed E-state index contributed by atoms with van der Waals surface area (Å²) < 4.78 is 11.0. The summed E-state index contributed by atoms with van der Waals surface area (Å²) in [5.41, 5.74) is 0.566. The van der Waals surface area contributed by atoms with Crippen molar-refractivity contribution in [2.45, 2.75) is 26.3 Å². The Bertz CT molecular complexity index is 596. The Morgan fingerprint density at radius 1 is 1.27 bits per heavy atom. The monoisotopic (exact) mass is 319 g/mol. The Balaban J connectivity index is 1.99. The molecule has 0 atom stereocenters. The number of nitrogens with one attached hydrogen (secondary N) is 1. The van der Waals surface area contributed by atoms with E-state index < -0.39 is 0 Å². The fraction of sp³-hybridized carbons (Fsp3) is 0.353. The molecule has 2 rings (SSSR count). The van der Waals surface area contributed by atoms with Crippen molar-refractivity contribution in [3.8, 4) is 11.5 Å². The van der Waals surface area contributed by atoms with Gasteiger partial charge < -0.3 is 14.8 Å². The van der Waals surface area contributed by atoms with Gasteiger partial charge in [-0.05, 0) is 36.1 Å². The third-order valence-corrected chi connectivity index (χ3v) is 4.06. The molecule has 1 N–H and O–H groups in total. The zero-order chi connectivity index (χ0) is 15.8. The largest absolute Gasteiger partial charge is 0.493 e. The minimum absolute atomic E-state index is 0.119. The third kappa shape index (κ3) is 4.49. The molecule has 1 aromatic heterocycles. The third-order valence-electron chi connectivity index (χ3n) is 3.18. The molecule has 22 heavy (non-hydrogen) atoms. The molecule has 1 heterocycles. The van der Waals surface area contributed by atoms with Gasteiger partial charge in [-0.3, -0.25) is 4.79 Å². The number of unbranched alkanes of at least 4 members (excludes halogenated alkanes) is 1. The van der Waals surface area contributed by atoms with Gasteiger partial charge in [0.15, 0.2) is 11.5 Å². The van der Waals surface area contributed by atoms with Crippen LogP contribution in [0.5, 0.6) is 11.5 Å². The highest BCUT2D eigenvalue weighted by Crippen LogP contribution is 2.28. The number of amides is 1. The smallest absolute Gasteiger partial charge is 0.251 e. The number of methoxy groups -OCH3 is 1. The summed E-state index contributed by atoms with van der Waals surface area (Å²) in [6.45, 7) is 3.30. The van der Waals surface area contributed by atoms with Crippen LogP contribution < -0.4 is 14.8 Å². The van der Waals surface area contributed by atoms with Crippen LogP contribution in [0.15, 0.2) is 35.7 Å². The first-order valence-corrected chi connectivity index (χ1v) is 8.24. The fourth-order valence-electron chi connectivity index (χ4n) is 1.94. The zero-order valence-electron chi connectivity index (χ0n) is 12.9. The van der Waals surface area contributed by atoms with E-state index >= 15 is 0 Å². The second-order valence-corrected chi connectivity index (χ2v) is 5.86. The molecule has 0 radical (unpaired) electrons. The highest BCUT2D eigenvalue weighted by atomic mass is 32.1. The minimum Gasteiger partial charge on any atom is -0.493 e. The van der Waals surface area contributed by atoms with Crippen LogP contribution in [0.2, 0.25) is 0 Å². The maximum Gasteiger partial charge on any atom is 0.251 e. The van der Waals surface area contributed by atoms with Gasteiger partial charge in [-0.2, -0.15) is 0 Å². The number of rotatable bonds is 8. The molecule has 0 spiro atoms. The molecule has 0 unspecified atom stereocenters. The number of carbonyl (C=O) groups is 1. The maximum atomic E-state index is 12.2. The lowest BCUT2D eigenvalue weighted by Crippen LogP contribution is -2.22. The van der Waals surface area contributed by atoms with Crippen LogP contribution in [0.4, 0.5) is 0 Å². The van der Waals surface area contributed by atoms with Gasteiger partial charge in [0.2, 0.25) is 0 Å². The molecule has 5 heteroatoms. The Hall–Kier alpha value is -2.01. The Kier molecular flexibility index (Phi) is 6.27. The summed E-state index contributed by atoms with van der Waals surface area (Å²) in [4.78, 5) is 13.3. The average Bonchev–Trinajstić information content (AvgIpc) is 3.06. The number of hydrogen-bond acceptors (Lipinski definition) is 4. The summed E-state index contributed by atoms with van der Waals surface area (Å²) in [6, 6.07) is 9.22. The fourth-order valence-corrected chi connectivity index (χ4v) is 2.58. The van der Waals surface area contributed by atoms with Crippen LogP contribution in [-0.4, -0.2) is 19.6 Å². The first-order valence-electron chi connectivity index (χ1n) is 7.36. The van der Waals surface area contributed by atoms with Gasteiger partial charge in [0.25, 0.3) is 5.91 Å². The van der Waals surface area contributed by atoms with E-state index in [1.807, 2.05) is 17.5 Å². The topological polar surface area (TPSA) is 47.6 Å². The molecule has 0 aliphatic heterocycles. The van der Waals surface area contributed by atoms with Crippen LogP contribution in [-0.2, 0) is 6.54 Å². The lowest BCUT2D eigenvalue weighted by Gasteiger charge is -2.12. The quantitative estimate of drug-likeness (QED) is 0.752. The summed E-state index contributed by atoms with van der Waals surface area (Å²) >= 11 is 1.62. The van der Waals surface area contributed by atoms with Crippen molar-refractivity contribution in [2.24, 2.45) is 0 Å². The van der Waals surface area contributed by atoms with Crippen LogP contribution in [0.3, 0.4) is 0 Å². The van der Waals surface area contributed by atoms with Crippen molar-refractivity contribution in [1.29, 1.82) is 0 Å². The van der Waals surface area contributed by atoms with E-state index in [1.54, 1.807) is 36.6 Å². The van der Waals surface area contributed by atoms with E-state index in [0.29, 0.717) is 30.2 Å². The van der Waals surface area contributed by atoms with Gasteiger partial charge in [0, 0.05) is 10.4 Å². The van der Waals surface area contributed by atoms with Crippen molar-refractivity contribution >= 4 is 17.2 Å². The predicted octanol–water partition coefficient (Wildman–Crippen LogP) is 3.87. The Morgan fingerprint density at radius 3 is 2.82 bits per heavy atom. The average molecular weight is 319 g/mol.